The molecule has 4 heterocycles. The van der Waals surface area contributed by atoms with Gasteiger partial charge in [0.1, 0.15) is 36.0 Å². The first-order valence-electron chi connectivity index (χ1n) is 25.2. The molecule has 1 aromatic heterocycles. The minimum Gasteiger partial charge on any atom is -0.456 e. The van der Waals surface area contributed by atoms with E-state index in [1.807, 2.05) is 45.9 Å². The van der Waals surface area contributed by atoms with E-state index in [1.54, 1.807) is 33.4 Å². The average molecular weight is 962 g/mol. The number of fused-ring (bicyclic) bond motifs is 3. The molecule has 382 valence electrons. The Labute approximate surface area is 409 Å². The number of Topliss-reactive ketones (excluding diaryl/α,β-unsaturated/α-hetero) is 2. The van der Waals surface area contributed by atoms with E-state index < -0.39 is 83.9 Å². The van der Waals surface area contributed by atoms with Gasteiger partial charge >= 0.3 is 5.97 Å². The summed E-state index contributed by atoms with van der Waals surface area (Å²) in [6, 6.07) is 7.05. The summed E-state index contributed by atoms with van der Waals surface area (Å²) in [5.74, 6) is -6.90. The van der Waals surface area contributed by atoms with Crippen molar-refractivity contribution < 1.29 is 57.8 Å². The number of cyclic esters (lactones) is 1. The quantitative estimate of drug-likeness (QED) is 0.122. The van der Waals surface area contributed by atoms with E-state index in [0.29, 0.717) is 56.3 Å². The van der Waals surface area contributed by atoms with Crippen LogP contribution >= 0.6 is 0 Å². The van der Waals surface area contributed by atoms with Crippen molar-refractivity contribution in [3.05, 3.63) is 76.9 Å². The van der Waals surface area contributed by atoms with Gasteiger partial charge < -0.3 is 48.5 Å². The normalized spacial score (nSPS) is 36.4. The molecule has 15 nitrogen and oxygen atoms in total. The molecule has 6 rings (SSSR count). The van der Waals surface area contributed by atoms with Gasteiger partial charge in [0.2, 0.25) is 5.79 Å². The van der Waals surface area contributed by atoms with Crippen molar-refractivity contribution in [2.24, 2.45) is 29.6 Å². The molecule has 3 N–H and O–H groups in total. The van der Waals surface area contributed by atoms with Crippen LogP contribution in [0.25, 0.3) is 0 Å². The number of H-pyrrole nitrogens is 1. The molecule has 1 aliphatic carbocycles. The van der Waals surface area contributed by atoms with Gasteiger partial charge in [-0.1, -0.05) is 75.2 Å². The van der Waals surface area contributed by atoms with Crippen molar-refractivity contribution in [2.75, 3.05) is 27.9 Å². The second-order valence-corrected chi connectivity index (χ2v) is 20.5. The van der Waals surface area contributed by atoms with E-state index in [0.717, 1.165) is 23.1 Å². The fourth-order valence-electron chi connectivity index (χ4n) is 11.2. The van der Waals surface area contributed by atoms with Crippen LogP contribution in [0.3, 0.4) is 0 Å². The first-order valence-corrected chi connectivity index (χ1v) is 25.2. The molecule has 15 atom stereocenters. The number of esters is 1. The average Bonchev–Trinajstić information content (AvgIpc) is 3.88. The zero-order valence-electron chi connectivity index (χ0n) is 42.6. The smallest absolute Gasteiger partial charge is 0.329 e. The Morgan fingerprint density at radius 1 is 0.928 bits per heavy atom. The molecule has 3 fully saturated rings. The molecular formula is C54H79N3O12. The third kappa shape index (κ3) is 12.9. The van der Waals surface area contributed by atoms with Crippen LogP contribution in [0.2, 0.25) is 0 Å². The highest BCUT2D eigenvalue weighted by Crippen LogP contribution is 2.40. The van der Waals surface area contributed by atoms with Crippen LogP contribution in [-0.4, -0.2) is 131 Å². The zero-order valence-corrected chi connectivity index (χ0v) is 42.6. The van der Waals surface area contributed by atoms with Crippen molar-refractivity contribution in [3.8, 4) is 0 Å². The summed E-state index contributed by atoms with van der Waals surface area (Å²) in [7, 11) is 4.75. The second kappa shape index (κ2) is 24.4. The van der Waals surface area contributed by atoms with Crippen LogP contribution in [-0.2, 0) is 47.6 Å². The van der Waals surface area contributed by atoms with Gasteiger partial charge in [-0.05, 0) is 108 Å². The number of piperidine rings is 1. The number of carbonyl (C=O) groups is 4. The number of hydrogen-bond acceptors (Lipinski definition) is 13. The first-order chi connectivity index (χ1) is 32.9. The molecule has 2 saturated heterocycles. The van der Waals surface area contributed by atoms with Crippen molar-refractivity contribution in [3.63, 3.8) is 0 Å². The van der Waals surface area contributed by atoms with Gasteiger partial charge in [-0.25, -0.2) is 9.78 Å². The maximum absolute atomic E-state index is 14.6. The van der Waals surface area contributed by atoms with Gasteiger partial charge in [-0.3, -0.25) is 14.4 Å². The lowest BCUT2D eigenvalue weighted by atomic mass is 9.81. The molecule has 1 aromatic carbocycles. The van der Waals surface area contributed by atoms with Crippen LogP contribution in [0, 0.1) is 36.5 Å². The van der Waals surface area contributed by atoms with Gasteiger partial charge in [0.05, 0.1) is 30.5 Å². The van der Waals surface area contributed by atoms with Gasteiger partial charge in [-0.2, -0.15) is 0 Å². The number of aliphatic hydroxyl groups excluding tert-OH is 1. The molecule has 1 saturated carbocycles. The Hall–Kier alpha value is -4.09. The highest BCUT2D eigenvalue weighted by Gasteiger charge is 2.56. The molecule has 1 amide bonds. The lowest BCUT2D eigenvalue weighted by molar-refractivity contribution is -0.302. The highest BCUT2D eigenvalue weighted by molar-refractivity contribution is 6.39. The lowest BCUT2D eigenvalue weighted by Crippen LogP contribution is -2.64. The van der Waals surface area contributed by atoms with Gasteiger partial charge in [0.15, 0.2) is 0 Å². The van der Waals surface area contributed by atoms with Crippen LogP contribution < -0.4 is 0 Å². The van der Waals surface area contributed by atoms with Crippen molar-refractivity contribution in [1.29, 1.82) is 0 Å². The number of allylic oxidation sites excluding steroid dienone is 3. The predicted molar refractivity (Wildman–Crippen MR) is 259 cm³/mol. The number of ether oxygens (including phenoxy) is 6. The number of nitrogens with one attached hydrogen (secondary N) is 1. The summed E-state index contributed by atoms with van der Waals surface area (Å²) in [6.45, 7) is 13.4. The van der Waals surface area contributed by atoms with Gasteiger partial charge in [0.25, 0.3) is 11.7 Å². The van der Waals surface area contributed by atoms with E-state index >= 15 is 0 Å². The van der Waals surface area contributed by atoms with Crippen LogP contribution in [0.1, 0.15) is 135 Å². The Balaban J connectivity index is 1.30. The Morgan fingerprint density at radius 2 is 1.62 bits per heavy atom. The predicted octanol–water partition coefficient (Wildman–Crippen LogP) is 7.32. The van der Waals surface area contributed by atoms with E-state index in [1.165, 1.54) is 19.1 Å². The molecule has 2 bridgehead atoms. The summed E-state index contributed by atoms with van der Waals surface area (Å²) in [5.41, 5.74) is 3.78. The summed E-state index contributed by atoms with van der Waals surface area (Å²) < 4.78 is 37.4. The fraction of sp³-hybridized carbons (Fsp3) is 0.685. The number of aryl methyl sites for hydroxylation is 1. The molecule has 0 radical (unpaired) electrons. The summed E-state index contributed by atoms with van der Waals surface area (Å²) in [5, 5.41) is 24.1. The fourth-order valence-corrected chi connectivity index (χ4v) is 11.2. The van der Waals surface area contributed by atoms with Crippen LogP contribution in [0.15, 0.2) is 60.0 Å². The minimum atomic E-state index is -2.52. The summed E-state index contributed by atoms with van der Waals surface area (Å²) in [4.78, 5) is 66.5. The number of ketones is 2. The van der Waals surface area contributed by atoms with E-state index in [-0.39, 0.29) is 55.6 Å². The first kappa shape index (κ1) is 54.2. The number of aromatic nitrogens is 2. The van der Waals surface area contributed by atoms with Crippen molar-refractivity contribution in [1.82, 2.24) is 14.9 Å². The van der Waals surface area contributed by atoms with Crippen molar-refractivity contribution in [2.45, 2.75) is 180 Å². The van der Waals surface area contributed by atoms with Crippen LogP contribution in [0.4, 0.5) is 0 Å². The molecule has 69 heavy (non-hydrogen) atoms. The molecule has 2 aromatic rings. The lowest BCUT2D eigenvalue weighted by Gasteiger charge is -2.47. The molecule has 4 aliphatic rings. The highest BCUT2D eigenvalue weighted by atomic mass is 16.7. The largest absolute Gasteiger partial charge is 0.456 e. The van der Waals surface area contributed by atoms with Crippen molar-refractivity contribution >= 4 is 23.4 Å². The Bertz CT molecular complexity index is 2090. The SMILES string of the molecule is CCC1/C=C(\C)CC(C)CC(OC)C2OC(O)(C(=O)C(=O)N3CCCCC3C(=O)OC(C(C)=CC3CCC(OC(c4ccc(C)cc4)c4ncc[nH]4)C(OC)C3)C(C)C(O)CC1=O)C(C)CC2OC. The number of carbonyl (C=O) groups excluding carboxylic acids is 4. The molecule has 0 spiro atoms. The Morgan fingerprint density at radius 3 is 2.28 bits per heavy atom. The number of aromatic amines is 1. The standard InChI is InChI=1S/C54H79N3O12/c1-11-38-25-32(3)24-33(4)26-45(65-9)49-46(66-10)28-35(6)54(63,69-49)50(60)52(61)57-23-13-12-14-40(57)53(62)68-47(36(7)41(58)30-42(38)59)34(5)27-37-17-20-43(44(29-37)64-8)67-48(51-55-21-22-56-51)39-18-15-31(2)16-19-39/h15-16,18-19,21-22,25,27,33,35-38,40-41,43-49,58,63H,11-14,17,20,23-24,26,28-30H2,1-10H3,(H,55,56)/b32-25+,34-27?. The minimum absolute atomic E-state index is 0.0196. The maximum Gasteiger partial charge on any atom is 0.329 e. The Kier molecular flexibility index (Phi) is 19.1. The molecule has 15 heteroatoms. The van der Waals surface area contributed by atoms with Crippen LogP contribution in [0.5, 0.6) is 0 Å². The number of rotatable bonds is 10. The van der Waals surface area contributed by atoms with E-state index in [9.17, 15) is 29.4 Å². The number of benzene rings is 1. The third-order valence-corrected chi connectivity index (χ3v) is 15.3. The maximum atomic E-state index is 14.6. The number of aliphatic hydroxyl groups is 2. The van der Waals surface area contributed by atoms with E-state index in [4.69, 9.17) is 28.4 Å². The number of methoxy groups -OCH3 is 3. The van der Waals surface area contributed by atoms with E-state index in [2.05, 4.69) is 35.1 Å². The number of nitrogens with zero attached hydrogens (tertiary/aromatic N) is 2. The summed E-state index contributed by atoms with van der Waals surface area (Å²) >= 11 is 0. The zero-order chi connectivity index (χ0) is 50.2. The molecule has 15 unspecified atom stereocenters. The monoisotopic (exact) mass is 962 g/mol. The molecule has 3 aliphatic heterocycles. The van der Waals surface area contributed by atoms with Gasteiger partial charge in [0, 0.05) is 64.4 Å². The number of imidazole rings is 1. The molecular weight excluding hydrogens is 883 g/mol. The van der Waals surface area contributed by atoms with Gasteiger partial charge in [-0.15, -0.1) is 0 Å². The third-order valence-electron chi connectivity index (χ3n) is 15.3. The number of amides is 1. The summed E-state index contributed by atoms with van der Waals surface area (Å²) in [6.07, 6.45) is 7.33. The second-order valence-electron chi connectivity index (χ2n) is 20.5. The topological polar surface area (TPSA) is 196 Å². The number of hydrogen-bond donors (Lipinski definition) is 3.